The van der Waals surface area contributed by atoms with Crippen molar-refractivity contribution in [3.8, 4) is 0 Å². The lowest BCUT2D eigenvalue weighted by molar-refractivity contribution is 0.266. The van der Waals surface area contributed by atoms with E-state index in [1.807, 2.05) is 6.07 Å². The van der Waals surface area contributed by atoms with E-state index in [9.17, 15) is 5.11 Å². The number of halogens is 1. The van der Waals surface area contributed by atoms with E-state index in [1.165, 1.54) is 11.1 Å². The average molecular weight is 389 g/mol. The molecule has 1 aliphatic carbocycles. The third-order valence-corrected chi connectivity index (χ3v) is 5.53. The maximum absolute atomic E-state index is 9.52. The molecule has 5 nitrogen and oxygen atoms in total. The molecule has 0 amide bonds. The summed E-state index contributed by atoms with van der Waals surface area (Å²) in [6.07, 6.45) is 5.90. The zero-order valence-corrected chi connectivity index (χ0v) is 15.0. The molecular weight excluding hydrogens is 368 g/mol. The highest BCUT2D eigenvalue weighted by atomic mass is 79.9. The molecule has 1 saturated heterocycles. The summed E-state index contributed by atoms with van der Waals surface area (Å²) in [5.41, 5.74) is 2.75. The zero-order chi connectivity index (χ0) is 16.5. The predicted octanol–water partition coefficient (Wildman–Crippen LogP) is 3.30. The minimum atomic E-state index is 0.178. The van der Waals surface area contributed by atoms with Gasteiger partial charge >= 0.3 is 0 Å². The number of hydrogen-bond acceptors (Lipinski definition) is 5. The number of aliphatic hydroxyl groups excluding tert-OH is 1. The minimum Gasteiger partial charge on any atom is -0.394 e. The number of nitrogens with zero attached hydrogens (tertiary/aromatic N) is 3. The Morgan fingerprint density at radius 1 is 1.25 bits per heavy atom. The van der Waals surface area contributed by atoms with Crippen molar-refractivity contribution in [2.45, 2.75) is 37.8 Å². The van der Waals surface area contributed by atoms with Crippen molar-refractivity contribution in [3.63, 3.8) is 0 Å². The lowest BCUT2D eigenvalue weighted by atomic mass is 10.1. The third-order valence-electron chi connectivity index (χ3n) is 5.04. The minimum absolute atomic E-state index is 0.178. The van der Waals surface area contributed by atoms with Crippen molar-refractivity contribution in [2.75, 3.05) is 23.4 Å². The van der Waals surface area contributed by atoms with Crippen LogP contribution in [0, 0.1) is 0 Å². The van der Waals surface area contributed by atoms with Gasteiger partial charge in [-0.25, -0.2) is 9.97 Å². The van der Waals surface area contributed by atoms with Crippen LogP contribution in [-0.2, 0) is 6.42 Å². The Morgan fingerprint density at radius 2 is 2.17 bits per heavy atom. The largest absolute Gasteiger partial charge is 0.394 e. The number of benzene rings is 1. The van der Waals surface area contributed by atoms with Crippen LogP contribution in [0.5, 0.6) is 0 Å². The van der Waals surface area contributed by atoms with E-state index < -0.39 is 0 Å². The van der Waals surface area contributed by atoms with Crippen molar-refractivity contribution in [2.24, 2.45) is 0 Å². The number of anilines is 2. The molecule has 2 atom stereocenters. The Labute approximate surface area is 150 Å². The van der Waals surface area contributed by atoms with Gasteiger partial charge < -0.3 is 15.3 Å². The van der Waals surface area contributed by atoms with Gasteiger partial charge in [-0.15, -0.1) is 0 Å². The van der Waals surface area contributed by atoms with Gasteiger partial charge in [-0.2, -0.15) is 0 Å². The summed E-state index contributed by atoms with van der Waals surface area (Å²) >= 11 is 3.54. The summed E-state index contributed by atoms with van der Waals surface area (Å²) < 4.78 is 1.13. The van der Waals surface area contributed by atoms with E-state index in [2.05, 4.69) is 54.3 Å². The first-order chi connectivity index (χ1) is 11.7. The molecule has 1 aromatic heterocycles. The van der Waals surface area contributed by atoms with E-state index in [0.717, 1.165) is 48.3 Å². The number of rotatable bonds is 4. The van der Waals surface area contributed by atoms with Crippen LogP contribution in [0.2, 0.25) is 0 Å². The van der Waals surface area contributed by atoms with E-state index in [1.54, 1.807) is 6.33 Å². The van der Waals surface area contributed by atoms with Gasteiger partial charge in [0.2, 0.25) is 0 Å². The molecule has 0 radical (unpaired) electrons. The van der Waals surface area contributed by atoms with Gasteiger partial charge in [0, 0.05) is 17.1 Å². The monoisotopic (exact) mass is 388 g/mol. The fourth-order valence-electron chi connectivity index (χ4n) is 3.82. The molecule has 4 rings (SSSR count). The highest BCUT2D eigenvalue weighted by Gasteiger charge is 2.26. The second-order valence-corrected chi connectivity index (χ2v) is 7.43. The van der Waals surface area contributed by atoms with Crippen LogP contribution in [-0.4, -0.2) is 34.3 Å². The number of hydrogen-bond donors (Lipinski definition) is 2. The molecule has 1 aliphatic heterocycles. The summed E-state index contributed by atoms with van der Waals surface area (Å²) in [5.74, 6) is 1.75. The SMILES string of the molecule is OCC1CCCN1c1cc(NC2CCc3cc(Br)ccc32)ncn1. The van der Waals surface area contributed by atoms with E-state index in [-0.39, 0.29) is 12.6 Å². The van der Waals surface area contributed by atoms with Crippen molar-refractivity contribution in [3.05, 3.63) is 46.2 Å². The van der Waals surface area contributed by atoms with E-state index in [4.69, 9.17) is 0 Å². The number of fused-ring (bicyclic) bond motifs is 1. The molecule has 0 saturated carbocycles. The van der Waals surface area contributed by atoms with Crippen LogP contribution in [0.1, 0.15) is 36.4 Å². The Hall–Kier alpha value is -1.66. The fourth-order valence-corrected chi connectivity index (χ4v) is 4.23. The van der Waals surface area contributed by atoms with E-state index >= 15 is 0 Å². The fraction of sp³-hybridized carbons (Fsp3) is 0.444. The molecule has 126 valence electrons. The number of aryl methyl sites for hydroxylation is 1. The smallest absolute Gasteiger partial charge is 0.134 e. The Balaban J connectivity index is 1.53. The number of aromatic nitrogens is 2. The van der Waals surface area contributed by atoms with Crippen LogP contribution in [0.15, 0.2) is 35.1 Å². The molecule has 24 heavy (non-hydrogen) atoms. The Bertz CT molecular complexity index is 739. The second kappa shape index (κ2) is 6.69. The molecular formula is C18H21BrN4O. The molecule has 2 heterocycles. The van der Waals surface area contributed by atoms with Gasteiger partial charge in [0.05, 0.1) is 18.7 Å². The molecule has 2 aromatic rings. The molecule has 0 spiro atoms. The van der Waals surface area contributed by atoms with Crippen LogP contribution >= 0.6 is 15.9 Å². The summed E-state index contributed by atoms with van der Waals surface area (Å²) in [7, 11) is 0. The zero-order valence-electron chi connectivity index (χ0n) is 13.5. The highest BCUT2D eigenvalue weighted by molar-refractivity contribution is 9.10. The first-order valence-electron chi connectivity index (χ1n) is 8.49. The quantitative estimate of drug-likeness (QED) is 0.841. The summed E-state index contributed by atoms with van der Waals surface area (Å²) in [6.45, 7) is 1.12. The van der Waals surface area contributed by atoms with Crippen molar-refractivity contribution < 1.29 is 5.11 Å². The highest BCUT2D eigenvalue weighted by Crippen LogP contribution is 2.35. The maximum atomic E-state index is 9.52. The van der Waals surface area contributed by atoms with Crippen LogP contribution < -0.4 is 10.2 Å². The third kappa shape index (κ3) is 3.00. The molecule has 2 unspecified atom stereocenters. The van der Waals surface area contributed by atoms with Crippen LogP contribution in [0.25, 0.3) is 0 Å². The maximum Gasteiger partial charge on any atom is 0.134 e. The predicted molar refractivity (Wildman–Crippen MR) is 98.3 cm³/mol. The summed E-state index contributed by atoms with van der Waals surface area (Å²) in [4.78, 5) is 11.0. The topological polar surface area (TPSA) is 61.3 Å². The molecule has 2 N–H and O–H groups in total. The van der Waals surface area contributed by atoms with E-state index in [0.29, 0.717) is 6.04 Å². The van der Waals surface area contributed by atoms with Crippen LogP contribution in [0.4, 0.5) is 11.6 Å². The molecule has 0 bridgehead atoms. The number of nitrogens with one attached hydrogen (secondary N) is 1. The molecule has 6 heteroatoms. The van der Waals surface area contributed by atoms with Crippen molar-refractivity contribution >= 4 is 27.6 Å². The molecule has 1 fully saturated rings. The summed E-state index contributed by atoms with van der Waals surface area (Å²) in [5, 5.41) is 13.1. The number of aliphatic hydroxyl groups is 1. The standard InChI is InChI=1S/C18H21BrN4O/c19-13-4-5-15-12(8-13)3-6-16(15)22-17-9-18(21-11-20-17)23-7-1-2-14(23)10-24/h4-5,8-9,11,14,16,24H,1-3,6-7,10H2,(H,20,21,22). The normalized spacial score (nSPS) is 22.7. The summed E-state index contributed by atoms with van der Waals surface area (Å²) in [6, 6.07) is 8.97. The lowest BCUT2D eigenvalue weighted by Gasteiger charge is -2.24. The van der Waals surface area contributed by atoms with Gasteiger partial charge in [0.15, 0.2) is 0 Å². The second-order valence-electron chi connectivity index (χ2n) is 6.51. The molecule has 2 aliphatic rings. The first-order valence-corrected chi connectivity index (χ1v) is 9.28. The first kappa shape index (κ1) is 15.8. The Kier molecular flexibility index (Phi) is 4.41. The van der Waals surface area contributed by atoms with Gasteiger partial charge in [-0.05, 0) is 48.9 Å². The average Bonchev–Trinajstić information content (AvgIpc) is 3.22. The van der Waals surface area contributed by atoms with Gasteiger partial charge in [-0.1, -0.05) is 22.0 Å². The van der Waals surface area contributed by atoms with Gasteiger partial charge in [0.1, 0.15) is 18.0 Å². The van der Waals surface area contributed by atoms with Crippen molar-refractivity contribution in [1.29, 1.82) is 0 Å². The Morgan fingerprint density at radius 3 is 3.04 bits per heavy atom. The van der Waals surface area contributed by atoms with Gasteiger partial charge in [0.25, 0.3) is 0 Å². The van der Waals surface area contributed by atoms with Crippen LogP contribution in [0.3, 0.4) is 0 Å². The van der Waals surface area contributed by atoms with Crippen molar-refractivity contribution in [1.82, 2.24) is 9.97 Å². The van der Waals surface area contributed by atoms with Gasteiger partial charge in [-0.3, -0.25) is 0 Å². The lowest BCUT2D eigenvalue weighted by Crippen LogP contribution is -2.32. The molecule has 1 aromatic carbocycles.